The summed E-state index contributed by atoms with van der Waals surface area (Å²) >= 11 is 0. The SMILES string of the molecule is CCOc1ccc(NC(=O)COc2ccc3c(=O)c(Oc4ccc(-c5ccccc5)cc4)coc3c2)cc1. The standard InChI is InChI=1S/C31H25NO6/c1-2-35-24-14-10-23(11-15-24)32-30(33)20-36-26-16-17-27-28(18-26)37-19-29(31(27)34)38-25-12-8-22(9-13-25)21-6-4-3-5-7-21/h3-19H,2,20H2,1H3,(H,32,33). The van der Waals surface area contributed by atoms with Gasteiger partial charge in [0, 0.05) is 11.8 Å². The molecular formula is C31H25NO6. The number of hydrogen-bond donors (Lipinski definition) is 1. The van der Waals surface area contributed by atoms with E-state index in [1.807, 2.05) is 49.4 Å². The van der Waals surface area contributed by atoms with E-state index in [1.165, 1.54) is 6.26 Å². The summed E-state index contributed by atoms with van der Waals surface area (Å²) in [4.78, 5) is 25.2. The highest BCUT2D eigenvalue weighted by Gasteiger charge is 2.12. The molecule has 0 aliphatic heterocycles. The smallest absolute Gasteiger partial charge is 0.262 e. The molecule has 0 radical (unpaired) electrons. The van der Waals surface area contributed by atoms with Crippen LogP contribution >= 0.6 is 0 Å². The summed E-state index contributed by atoms with van der Waals surface area (Å²) in [6, 6.07) is 29.3. The van der Waals surface area contributed by atoms with Gasteiger partial charge in [0.2, 0.25) is 11.2 Å². The van der Waals surface area contributed by atoms with Crippen molar-refractivity contribution in [3.05, 3.63) is 114 Å². The number of benzene rings is 4. The van der Waals surface area contributed by atoms with Gasteiger partial charge >= 0.3 is 0 Å². The van der Waals surface area contributed by atoms with E-state index in [0.717, 1.165) is 16.9 Å². The maximum Gasteiger partial charge on any atom is 0.262 e. The summed E-state index contributed by atoms with van der Waals surface area (Å²) in [6.45, 7) is 2.27. The van der Waals surface area contributed by atoms with Gasteiger partial charge in [-0.25, -0.2) is 0 Å². The van der Waals surface area contributed by atoms with Crippen LogP contribution in [0.5, 0.6) is 23.0 Å². The minimum atomic E-state index is -0.322. The van der Waals surface area contributed by atoms with Gasteiger partial charge in [-0.1, -0.05) is 42.5 Å². The Balaban J connectivity index is 1.22. The van der Waals surface area contributed by atoms with Gasteiger partial charge in [-0.3, -0.25) is 9.59 Å². The van der Waals surface area contributed by atoms with E-state index < -0.39 is 0 Å². The second-order valence-corrected chi connectivity index (χ2v) is 8.37. The predicted molar refractivity (Wildman–Crippen MR) is 146 cm³/mol. The summed E-state index contributed by atoms with van der Waals surface area (Å²) < 4.78 is 22.4. The summed E-state index contributed by atoms with van der Waals surface area (Å²) in [5.74, 6) is 1.41. The molecule has 1 N–H and O–H groups in total. The molecule has 7 heteroatoms. The normalized spacial score (nSPS) is 10.7. The zero-order valence-corrected chi connectivity index (χ0v) is 20.7. The third-order valence-corrected chi connectivity index (χ3v) is 5.72. The fourth-order valence-corrected chi connectivity index (χ4v) is 3.87. The minimum Gasteiger partial charge on any atom is -0.494 e. The molecule has 1 amide bonds. The number of hydrogen-bond acceptors (Lipinski definition) is 6. The van der Waals surface area contributed by atoms with Gasteiger partial charge in [0.05, 0.1) is 12.0 Å². The Hall–Kier alpha value is -5.04. The zero-order chi connectivity index (χ0) is 26.3. The van der Waals surface area contributed by atoms with E-state index in [0.29, 0.717) is 34.8 Å². The van der Waals surface area contributed by atoms with Crippen molar-refractivity contribution < 1.29 is 23.4 Å². The Kier molecular flexibility index (Phi) is 7.36. The van der Waals surface area contributed by atoms with Gasteiger partial charge in [-0.15, -0.1) is 0 Å². The first-order valence-corrected chi connectivity index (χ1v) is 12.1. The lowest BCUT2D eigenvalue weighted by Crippen LogP contribution is -2.20. The lowest BCUT2D eigenvalue weighted by molar-refractivity contribution is -0.118. The highest BCUT2D eigenvalue weighted by atomic mass is 16.5. The molecule has 7 nitrogen and oxygen atoms in total. The number of carbonyl (C=O) groups is 1. The third-order valence-electron chi connectivity index (χ3n) is 5.72. The second kappa shape index (κ2) is 11.3. The van der Waals surface area contributed by atoms with Crippen LogP contribution in [0.3, 0.4) is 0 Å². The molecule has 0 saturated carbocycles. The van der Waals surface area contributed by atoms with Crippen molar-refractivity contribution in [1.29, 1.82) is 0 Å². The molecule has 1 heterocycles. The van der Waals surface area contributed by atoms with Crippen LogP contribution in [0.4, 0.5) is 5.69 Å². The molecule has 4 aromatic carbocycles. The minimum absolute atomic E-state index is 0.0772. The number of carbonyl (C=O) groups excluding carboxylic acids is 1. The molecule has 0 aliphatic rings. The molecule has 0 saturated heterocycles. The maximum atomic E-state index is 13.0. The van der Waals surface area contributed by atoms with Crippen molar-refractivity contribution in [1.82, 2.24) is 0 Å². The zero-order valence-electron chi connectivity index (χ0n) is 20.7. The number of nitrogens with one attached hydrogen (secondary N) is 1. The Morgan fingerprint density at radius 2 is 1.47 bits per heavy atom. The van der Waals surface area contributed by atoms with E-state index in [2.05, 4.69) is 5.32 Å². The highest BCUT2D eigenvalue weighted by molar-refractivity contribution is 5.92. The van der Waals surface area contributed by atoms with Crippen molar-refractivity contribution in [3.8, 4) is 34.1 Å². The summed E-state index contributed by atoms with van der Waals surface area (Å²) in [6.07, 6.45) is 1.28. The largest absolute Gasteiger partial charge is 0.494 e. The number of fused-ring (bicyclic) bond motifs is 1. The number of anilines is 1. The van der Waals surface area contributed by atoms with Gasteiger partial charge in [0.1, 0.15) is 29.1 Å². The van der Waals surface area contributed by atoms with Crippen LogP contribution in [0, 0.1) is 0 Å². The Labute approximate surface area is 219 Å². The Morgan fingerprint density at radius 3 is 2.21 bits per heavy atom. The molecule has 1 aromatic heterocycles. The average molecular weight is 508 g/mol. The first kappa shape index (κ1) is 24.6. The van der Waals surface area contributed by atoms with Gasteiger partial charge < -0.3 is 23.9 Å². The van der Waals surface area contributed by atoms with Crippen molar-refractivity contribution in [3.63, 3.8) is 0 Å². The molecule has 0 atom stereocenters. The number of amides is 1. The number of rotatable bonds is 9. The summed E-state index contributed by atoms with van der Waals surface area (Å²) in [5.41, 5.74) is 2.79. The van der Waals surface area contributed by atoms with Crippen LogP contribution in [0.2, 0.25) is 0 Å². The van der Waals surface area contributed by atoms with Gasteiger partial charge in [-0.2, -0.15) is 0 Å². The average Bonchev–Trinajstić information content (AvgIpc) is 2.95. The van der Waals surface area contributed by atoms with Crippen molar-refractivity contribution in [2.75, 3.05) is 18.5 Å². The van der Waals surface area contributed by atoms with Crippen molar-refractivity contribution in [2.45, 2.75) is 6.92 Å². The van der Waals surface area contributed by atoms with Crippen LogP contribution in [-0.2, 0) is 4.79 Å². The quantitative estimate of drug-likeness (QED) is 0.240. The maximum absolute atomic E-state index is 13.0. The fraction of sp³-hybridized carbons (Fsp3) is 0.0968. The predicted octanol–water partition coefficient (Wildman–Crippen LogP) is 6.67. The molecule has 190 valence electrons. The topological polar surface area (TPSA) is 87.0 Å². The first-order chi connectivity index (χ1) is 18.6. The van der Waals surface area contributed by atoms with Crippen LogP contribution in [0.1, 0.15) is 6.92 Å². The molecule has 0 fully saturated rings. The summed E-state index contributed by atoms with van der Waals surface area (Å²) in [5, 5.41) is 3.10. The monoisotopic (exact) mass is 507 g/mol. The van der Waals surface area contributed by atoms with Gasteiger partial charge in [-0.05, 0) is 66.6 Å². The van der Waals surface area contributed by atoms with Crippen molar-refractivity contribution in [2.24, 2.45) is 0 Å². The number of ether oxygens (including phenoxy) is 3. The van der Waals surface area contributed by atoms with E-state index in [9.17, 15) is 9.59 Å². The molecule has 5 rings (SSSR count). The molecule has 0 unspecified atom stereocenters. The molecule has 0 spiro atoms. The van der Waals surface area contributed by atoms with Gasteiger partial charge in [0.25, 0.3) is 5.91 Å². The lowest BCUT2D eigenvalue weighted by Gasteiger charge is -2.10. The second-order valence-electron chi connectivity index (χ2n) is 8.37. The van der Waals surface area contributed by atoms with Crippen LogP contribution in [-0.4, -0.2) is 19.1 Å². The molecule has 5 aromatic rings. The first-order valence-electron chi connectivity index (χ1n) is 12.1. The molecular weight excluding hydrogens is 482 g/mol. The molecule has 0 aliphatic carbocycles. The Morgan fingerprint density at radius 1 is 0.789 bits per heavy atom. The van der Waals surface area contributed by atoms with E-state index in [1.54, 1.807) is 54.6 Å². The van der Waals surface area contributed by atoms with Crippen LogP contribution in [0.15, 0.2) is 113 Å². The highest BCUT2D eigenvalue weighted by Crippen LogP contribution is 2.27. The lowest BCUT2D eigenvalue weighted by atomic mass is 10.1. The van der Waals surface area contributed by atoms with E-state index in [-0.39, 0.29) is 23.7 Å². The van der Waals surface area contributed by atoms with Crippen molar-refractivity contribution >= 4 is 22.6 Å². The van der Waals surface area contributed by atoms with Crippen LogP contribution in [0.25, 0.3) is 22.1 Å². The van der Waals surface area contributed by atoms with Gasteiger partial charge in [0.15, 0.2) is 6.61 Å². The molecule has 0 bridgehead atoms. The van der Waals surface area contributed by atoms with E-state index in [4.69, 9.17) is 18.6 Å². The molecule has 38 heavy (non-hydrogen) atoms. The summed E-state index contributed by atoms with van der Waals surface area (Å²) in [7, 11) is 0. The van der Waals surface area contributed by atoms with E-state index >= 15 is 0 Å². The van der Waals surface area contributed by atoms with Crippen LogP contribution < -0.4 is 25.0 Å². The fourth-order valence-electron chi connectivity index (χ4n) is 3.87. The third kappa shape index (κ3) is 5.84. The Bertz CT molecular complexity index is 1590.